The minimum atomic E-state index is 0.272. The highest BCUT2D eigenvalue weighted by molar-refractivity contribution is 6.35. The van der Waals surface area contributed by atoms with Gasteiger partial charge in [0.2, 0.25) is 0 Å². The van der Waals surface area contributed by atoms with Crippen LogP contribution in [-0.2, 0) is 13.2 Å². The topological polar surface area (TPSA) is 33.7 Å². The lowest BCUT2D eigenvalue weighted by Crippen LogP contribution is -2.21. The smallest absolute Gasteiger partial charge is 0.180 e. The average Bonchev–Trinajstić information content (AvgIpc) is 2.61. The second-order valence-corrected chi connectivity index (χ2v) is 7.72. The molecule has 0 aliphatic rings. The van der Waals surface area contributed by atoms with Gasteiger partial charge in [-0.2, -0.15) is 0 Å². The van der Waals surface area contributed by atoms with Crippen LogP contribution < -0.4 is 14.8 Å². The van der Waals surface area contributed by atoms with E-state index in [1.165, 1.54) is 0 Å². The normalized spacial score (nSPS) is 11.1. The van der Waals surface area contributed by atoms with Crippen molar-refractivity contribution in [2.24, 2.45) is 0 Å². The van der Waals surface area contributed by atoms with Gasteiger partial charge in [-0.05, 0) is 63.4 Å². The first kappa shape index (κ1) is 22.1. The molecule has 2 rings (SSSR count). The second kappa shape index (κ2) is 11.0. The van der Waals surface area contributed by atoms with Gasteiger partial charge in [0.15, 0.2) is 11.5 Å². The van der Waals surface area contributed by atoms with Crippen LogP contribution in [0.1, 0.15) is 17.5 Å². The summed E-state index contributed by atoms with van der Waals surface area (Å²) in [5.41, 5.74) is 1.87. The zero-order valence-electron chi connectivity index (χ0n) is 15.8. The van der Waals surface area contributed by atoms with Crippen molar-refractivity contribution >= 4 is 34.8 Å². The Kier molecular flexibility index (Phi) is 9.00. The maximum absolute atomic E-state index is 6.43. The van der Waals surface area contributed by atoms with Crippen LogP contribution in [0.4, 0.5) is 0 Å². The molecule has 0 fully saturated rings. The molecule has 2 aromatic rings. The van der Waals surface area contributed by atoms with Gasteiger partial charge in [-0.15, -0.1) is 0 Å². The van der Waals surface area contributed by atoms with Gasteiger partial charge < -0.3 is 19.7 Å². The molecule has 7 heteroatoms. The number of benzene rings is 2. The molecule has 0 bridgehead atoms. The molecule has 27 heavy (non-hydrogen) atoms. The number of methoxy groups -OCH3 is 1. The van der Waals surface area contributed by atoms with Gasteiger partial charge in [0.1, 0.15) is 6.61 Å². The molecule has 148 valence electrons. The SMILES string of the molecule is COc1cc(CNCCCN(C)C)cc(Cl)c1OCc1ccc(Cl)cc1Cl. The molecule has 0 aliphatic carbocycles. The van der Waals surface area contributed by atoms with Crippen LogP contribution in [-0.4, -0.2) is 39.2 Å². The van der Waals surface area contributed by atoms with Crippen LogP contribution in [0.25, 0.3) is 0 Å². The maximum atomic E-state index is 6.43. The van der Waals surface area contributed by atoms with E-state index in [2.05, 4.69) is 24.3 Å². The van der Waals surface area contributed by atoms with E-state index in [0.29, 0.717) is 33.1 Å². The van der Waals surface area contributed by atoms with E-state index in [0.717, 1.165) is 30.6 Å². The molecule has 1 N–H and O–H groups in total. The zero-order chi connectivity index (χ0) is 19.8. The van der Waals surface area contributed by atoms with Gasteiger partial charge in [0.25, 0.3) is 0 Å². The summed E-state index contributed by atoms with van der Waals surface area (Å²) in [5.74, 6) is 1.10. The van der Waals surface area contributed by atoms with Crippen molar-refractivity contribution in [3.8, 4) is 11.5 Å². The fourth-order valence-electron chi connectivity index (χ4n) is 2.56. The minimum Gasteiger partial charge on any atom is -0.493 e. The van der Waals surface area contributed by atoms with Crippen LogP contribution in [0.15, 0.2) is 30.3 Å². The predicted octanol–water partition coefficient (Wildman–Crippen LogP) is 5.28. The summed E-state index contributed by atoms with van der Waals surface area (Å²) in [5, 5.41) is 5.06. The Morgan fingerprint density at radius 2 is 1.81 bits per heavy atom. The van der Waals surface area contributed by atoms with Gasteiger partial charge in [-0.1, -0.05) is 40.9 Å². The molecule has 0 radical (unpaired) electrons. The summed E-state index contributed by atoms with van der Waals surface area (Å²) < 4.78 is 11.3. The Morgan fingerprint density at radius 1 is 1.04 bits per heavy atom. The third-order valence-corrected chi connectivity index (χ3v) is 4.83. The first-order valence-electron chi connectivity index (χ1n) is 8.69. The molecule has 4 nitrogen and oxygen atoms in total. The van der Waals surface area contributed by atoms with Crippen molar-refractivity contribution in [1.29, 1.82) is 0 Å². The Bertz CT molecular complexity index is 754. The van der Waals surface area contributed by atoms with Crippen molar-refractivity contribution in [2.45, 2.75) is 19.6 Å². The molecule has 0 saturated carbocycles. The first-order valence-corrected chi connectivity index (χ1v) is 9.82. The number of nitrogens with zero attached hydrogens (tertiary/aromatic N) is 1. The largest absolute Gasteiger partial charge is 0.493 e. The molecular formula is C20H25Cl3N2O2. The van der Waals surface area contributed by atoms with E-state index in [-0.39, 0.29) is 6.61 Å². The Hall–Kier alpha value is -1.17. The standard InChI is InChI=1S/C20H25Cl3N2O2/c1-25(2)8-4-7-24-12-14-9-18(23)20(19(10-14)26-3)27-13-15-5-6-16(21)11-17(15)22/h5-6,9-11,24H,4,7-8,12-13H2,1-3H3. The van der Waals surface area contributed by atoms with E-state index in [4.69, 9.17) is 44.3 Å². The molecule has 0 unspecified atom stereocenters. The summed E-state index contributed by atoms with van der Waals surface area (Å²) in [7, 11) is 5.74. The summed E-state index contributed by atoms with van der Waals surface area (Å²) >= 11 is 18.6. The van der Waals surface area contributed by atoms with Crippen molar-refractivity contribution in [2.75, 3.05) is 34.3 Å². The number of halogens is 3. The summed E-state index contributed by atoms with van der Waals surface area (Å²) in [6, 6.07) is 9.12. The highest BCUT2D eigenvalue weighted by Crippen LogP contribution is 2.37. The van der Waals surface area contributed by atoms with Gasteiger partial charge in [-0.25, -0.2) is 0 Å². The maximum Gasteiger partial charge on any atom is 0.180 e. The molecule has 0 amide bonds. The zero-order valence-corrected chi connectivity index (χ0v) is 18.1. The molecular weight excluding hydrogens is 407 g/mol. The van der Waals surface area contributed by atoms with Crippen LogP contribution in [0.2, 0.25) is 15.1 Å². The lowest BCUT2D eigenvalue weighted by molar-refractivity contribution is 0.284. The summed E-state index contributed by atoms with van der Waals surface area (Å²) in [6.07, 6.45) is 1.08. The molecule has 0 atom stereocenters. The highest BCUT2D eigenvalue weighted by Gasteiger charge is 2.13. The summed E-state index contributed by atoms with van der Waals surface area (Å²) in [6.45, 7) is 2.98. The Balaban J connectivity index is 2.00. The molecule has 2 aromatic carbocycles. The quantitative estimate of drug-likeness (QED) is 0.519. The van der Waals surface area contributed by atoms with Gasteiger partial charge in [0, 0.05) is 22.2 Å². The number of ether oxygens (including phenoxy) is 2. The van der Waals surface area contributed by atoms with Crippen LogP contribution in [0.5, 0.6) is 11.5 Å². The third kappa shape index (κ3) is 7.05. The number of hydrogen-bond acceptors (Lipinski definition) is 4. The van der Waals surface area contributed by atoms with Crippen molar-refractivity contribution in [3.05, 3.63) is 56.5 Å². The minimum absolute atomic E-state index is 0.272. The first-order chi connectivity index (χ1) is 12.9. The van der Waals surface area contributed by atoms with Crippen LogP contribution >= 0.6 is 34.8 Å². The van der Waals surface area contributed by atoms with Crippen molar-refractivity contribution < 1.29 is 9.47 Å². The van der Waals surface area contributed by atoms with E-state index in [1.807, 2.05) is 18.2 Å². The third-order valence-electron chi connectivity index (χ3n) is 3.96. The van der Waals surface area contributed by atoms with Gasteiger partial charge >= 0.3 is 0 Å². The predicted molar refractivity (Wildman–Crippen MR) is 114 cm³/mol. The molecule has 0 saturated heterocycles. The molecule has 0 heterocycles. The lowest BCUT2D eigenvalue weighted by Gasteiger charge is -2.15. The second-order valence-electron chi connectivity index (χ2n) is 6.47. The number of rotatable bonds is 10. The van der Waals surface area contributed by atoms with E-state index >= 15 is 0 Å². The Morgan fingerprint density at radius 3 is 2.48 bits per heavy atom. The number of hydrogen-bond donors (Lipinski definition) is 1. The van der Waals surface area contributed by atoms with Crippen molar-refractivity contribution in [1.82, 2.24) is 10.2 Å². The molecule has 0 spiro atoms. The fourth-order valence-corrected chi connectivity index (χ4v) is 3.31. The highest BCUT2D eigenvalue weighted by atomic mass is 35.5. The number of nitrogens with one attached hydrogen (secondary N) is 1. The Labute approximate surface area is 176 Å². The van der Waals surface area contributed by atoms with Crippen molar-refractivity contribution in [3.63, 3.8) is 0 Å². The van der Waals surface area contributed by atoms with Gasteiger partial charge in [-0.3, -0.25) is 0 Å². The van der Waals surface area contributed by atoms with E-state index < -0.39 is 0 Å². The average molecular weight is 432 g/mol. The van der Waals surface area contributed by atoms with E-state index in [9.17, 15) is 0 Å². The molecule has 0 aliphatic heterocycles. The fraction of sp³-hybridized carbons (Fsp3) is 0.400. The van der Waals surface area contributed by atoms with Crippen LogP contribution in [0.3, 0.4) is 0 Å². The van der Waals surface area contributed by atoms with Gasteiger partial charge in [0.05, 0.1) is 12.1 Å². The monoisotopic (exact) mass is 430 g/mol. The van der Waals surface area contributed by atoms with E-state index in [1.54, 1.807) is 19.2 Å². The van der Waals surface area contributed by atoms with Crippen LogP contribution in [0, 0.1) is 0 Å². The summed E-state index contributed by atoms with van der Waals surface area (Å²) in [4.78, 5) is 2.17. The lowest BCUT2D eigenvalue weighted by atomic mass is 10.2. The molecule has 0 aromatic heterocycles.